The number of Topliss-reactive ketones (excluding diaryl/α,β-unsaturated/α-hetero) is 1. The number of benzene rings is 2. The Morgan fingerprint density at radius 2 is 1.76 bits per heavy atom. The molecule has 0 bridgehead atoms. The van der Waals surface area contributed by atoms with Crippen molar-refractivity contribution < 1.29 is 37.3 Å². The van der Waals surface area contributed by atoms with Gasteiger partial charge in [-0.2, -0.15) is 0 Å². The van der Waals surface area contributed by atoms with Crippen molar-refractivity contribution in [2.24, 2.45) is 0 Å². The summed E-state index contributed by atoms with van der Waals surface area (Å²) in [7, 11) is 1.44. The first kappa shape index (κ1) is 22.8. The Labute approximate surface area is 191 Å². The molecular weight excluding hydrogens is 453 g/mol. The Morgan fingerprint density at radius 1 is 1.03 bits per heavy atom. The Bertz CT molecular complexity index is 1260. The summed E-state index contributed by atoms with van der Waals surface area (Å²) in [5.41, 5.74) is 0.610. The van der Waals surface area contributed by atoms with E-state index in [4.69, 9.17) is 4.74 Å². The number of carbonyl (C=O) groups excluding carboxylic acids is 2. The average molecular weight is 470 g/mol. The van der Waals surface area contributed by atoms with Crippen LogP contribution in [0.5, 0.6) is 11.5 Å². The standard InChI is InChI=1S/C24H17F3N2O5/c1-33-18-6-2-4-14(12-18)21(30)19-20(15-5-3-11-28-13-15)29(23(32)22(19)31)16-7-9-17(10-8-16)34-24(25,26)27/h2-13,20,30H,1H3/b21-19-. The molecule has 1 aliphatic rings. The van der Waals surface area contributed by atoms with Gasteiger partial charge in [-0.1, -0.05) is 18.2 Å². The molecule has 0 aliphatic carbocycles. The zero-order valence-electron chi connectivity index (χ0n) is 17.6. The number of anilines is 1. The smallest absolute Gasteiger partial charge is 0.507 e. The minimum atomic E-state index is -4.88. The lowest BCUT2D eigenvalue weighted by atomic mass is 9.96. The van der Waals surface area contributed by atoms with Crippen molar-refractivity contribution in [2.45, 2.75) is 12.4 Å². The molecule has 1 aromatic heterocycles. The van der Waals surface area contributed by atoms with Crippen LogP contribution in [0, 0.1) is 0 Å². The first-order valence-corrected chi connectivity index (χ1v) is 9.91. The predicted molar refractivity (Wildman–Crippen MR) is 115 cm³/mol. The fourth-order valence-corrected chi connectivity index (χ4v) is 3.69. The number of ketones is 1. The predicted octanol–water partition coefficient (Wildman–Crippen LogP) is 4.62. The SMILES string of the molecule is COc1cccc(/C(O)=C2/C(=O)C(=O)N(c3ccc(OC(F)(F)F)cc3)C2c2cccnc2)c1. The number of alkyl halides is 3. The normalized spacial score (nSPS) is 17.6. The number of aliphatic hydroxyl groups is 1. The lowest BCUT2D eigenvalue weighted by molar-refractivity contribution is -0.274. The number of ether oxygens (including phenoxy) is 2. The average Bonchev–Trinajstić information content (AvgIpc) is 3.09. The van der Waals surface area contributed by atoms with Crippen molar-refractivity contribution >= 4 is 23.1 Å². The van der Waals surface area contributed by atoms with Crippen molar-refractivity contribution in [1.29, 1.82) is 0 Å². The van der Waals surface area contributed by atoms with E-state index in [1.165, 1.54) is 37.7 Å². The molecule has 3 aromatic rings. The van der Waals surface area contributed by atoms with Crippen molar-refractivity contribution in [3.8, 4) is 11.5 Å². The summed E-state index contributed by atoms with van der Waals surface area (Å²) in [6.07, 6.45) is -1.94. The van der Waals surface area contributed by atoms with Crippen LogP contribution in [-0.4, -0.2) is 35.3 Å². The number of hydrogen-bond donors (Lipinski definition) is 1. The number of methoxy groups -OCH3 is 1. The molecule has 34 heavy (non-hydrogen) atoms. The van der Waals surface area contributed by atoms with E-state index in [1.54, 1.807) is 30.3 Å². The highest BCUT2D eigenvalue weighted by molar-refractivity contribution is 6.51. The van der Waals surface area contributed by atoms with Crippen LogP contribution in [0.25, 0.3) is 5.76 Å². The molecule has 1 N–H and O–H groups in total. The molecule has 7 nitrogen and oxygen atoms in total. The highest BCUT2D eigenvalue weighted by Gasteiger charge is 2.47. The monoisotopic (exact) mass is 470 g/mol. The second kappa shape index (κ2) is 8.89. The first-order chi connectivity index (χ1) is 16.2. The number of carbonyl (C=O) groups is 2. The molecule has 1 amide bonds. The summed E-state index contributed by atoms with van der Waals surface area (Å²) < 4.78 is 46.6. The molecule has 1 fully saturated rings. The van der Waals surface area contributed by atoms with Crippen LogP contribution in [0.15, 0.2) is 78.6 Å². The van der Waals surface area contributed by atoms with Gasteiger partial charge in [-0.3, -0.25) is 19.5 Å². The van der Waals surface area contributed by atoms with Crippen LogP contribution >= 0.6 is 0 Å². The zero-order valence-corrected chi connectivity index (χ0v) is 17.6. The molecule has 0 radical (unpaired) electrons. The van der Waals surface area contributed by atoms with E-state index in [0.29, 0.717) is 11.3 Å². The van der Waals surface area contributed by atoms with Gasteiger partial charge in [0.2, 0.25) is 0 Å². The molecule has 2 aromatic carbocycles. The topological polar surface area (TPSA) is 89.0 Å². The highest BCUT2D eigenvalue weighted by Crippen LogP contribution is 2.42. The van der Waals surface area contributed by atoms with E-state index >= 15 is 0 Å². The van der Waals surface area contributed by atoms with Crippen molar-refractivity contribution in [3.05, 3.63) is 89.8 Å². The molecule has 0 saturated carbocycles. The fraction of sp³-hybridized carbons (Fsp3) is 0.125. The van der Waals surface area contributed by atoms with Gasteiger partial charge < -0.3 is 14.6 Å². The summed E-state index contributed by atoms with van der Waals surface area (Å²) in [6.45, 7) is 0. The number of halogens is 3. The quantitative estimate of drug-likeness (QED) is 0.333. The number of nitrogens with zero attached hydrogens (tertiary/aromatic N) is 2. The Hall–Kier alpha value is -4.34. The number of amides is 1. The molecule has 1 aliphatic heterocycles. The minimum Gasteiger partial charge on any atom is -0.507 e. The summed E-state index contributed by atoms with van der Waals surface area (Å²) in [6, 6.07) is 13.0. The lowest BCUT2D eigenvalue weighted by Gasteiger charge is -2.25. The van der Waals surface area contributed by atoms with Gasteiger partial charge in [0.25, 0.3) is 11.7 Å². The van der Waals surface area contributed by atoms with Crippen molar-refractivity contribution in [3.63, 3.8) is 0 Å². The molecule has 1 unspecified atom stereocenters. The van der Waals surface area contributed by atoms with Crippen molar-refractivity contribution in [2.75, 3.05) is 12.0 Å². The van der Waals surface area contributed by atoms with Crippen LogP contribution in [0.1, 0.15) is 17.2 Å². The van der Waals surface area contributed by atoms with Crippen LogP contribution in [-0.2, 0) is 9.59 Å². The zero-order chi connectivity index (χ0) is 24.5. The molecule has 2 heterocycles. The van der Waals surface area contributed by atoms with Crippen LogP contribution in [0.4, 0.5) is 18.9 Å². The van der Waals surface area contributed by atoms with Gasteiger partial charge in [0.15, 0.2) is 0 Å². The van der Waals surface area contributed by atoms with Gasteiger partial charge in [0, 0.05) is 23.6 Å². The summed E-state index contributed by atoms with van der Waals surface area (Å²) >= 11 is 0. The van der Waals surface area contributed by atoms with Gasteiger partial charge in [-0.25, -0.2) is 0 Å². The maximum absolute atomic E-state index is 13.1. The van der Waals surface area contributed by atoms with Gasteiger partial charge in [-0.15, -0.1) is 13.2 Å². The molecule has 1 atom stereocenters. The number of aromatic nitrogens is 1. The molecule has 4 rings (SSSR count). The van der Waals surface area contributed by atoms with E-state index in [1.807, 2.05) is 0 Å². The number of aliphatic hydroxyl groups excluding tert-OH is 1. The third kappa shape index (κ3) is 4.42. The second-order valence-electron chi connectivity index (χ2n) is 7.23. The maximum Gasteiger partial charge on any atom is 0.573 e. The van der Waals surface area contributed by atoms with Crippen LogP contribution < -0.4 is 14.4 Å². The minimum absolute atomic E-state index is 0.134. The maximum atomic E-state index is 13.1. The molecule has 1 saturated heterocycles. The molecule has 174 valence electrons. The first-order valence-electron chi connectivity index (χ1n) is 9.91. The van der Waals surface area contributed by atoms with Crippen molar-refractivity contribution in [1.82, 2.24) is 4.98 Å². The number of hydrogen-bond acceptors (Lipinski definition) is 6. The second-order valence-corrected chi connectivity index (χ2v) is 7.23. The summed E-state index contributed by atoms with van der Waals surface area (Å²) in [5.74, 6) is -2.39. The third-order valence-corrected chi connectivity index (χ3v) is 5.14. The highest BCUT2D eigenvalue weighted by atomic mass is 19.4. The third-order valence-electron chi connectivity index (χ3n) is 5.14. The fourth-order valence-electron chi connectivity index (χ4n) is 3.69. The Kier molecular flexibility index (Phi) is 5.97. The summed E-state index contributed by atoms with van der Waals surface area (Å²) in [5, 5.41) is 11.1. The van der Waals surface area contributed by atoms with E-state index in [2.05, 4.69) is 9.72 Å². The number of rotatable bonds is 5. The van der Waals surface area contributed by atoms with Crippen LogP contribution in [0.3, 0.4) is 0 Å². The molecular formula is C24H17F3N2O5. The number of pyridine rings is 1. The Balaban J connectivity index is 1.84. The van der Waals surface area contributed by atoms with Gasteiger partial charge in [0.1, 0.15) is 17.3 Å². The van der Waals surface area contributed by atoms with Gasteiger partial charge >= 0.3 is 6.36 Å². The van der Waals surface area contributed by atoms with E-state index in [0.717, 1.165) is 17.0 Å². The molecule has 10 heteroatoms. The van der Waals surface area contributed by atoms with Gasteiger partial charge in [-0.05, 0) is 48.0 Å². The largest absolute Gasteiger partial charge is 0.573 e. The van der Waals surface area contributed by atoms with E-state index in [-0.39, 0.29) is 16.8 Å². The van der Waals surface area contributed by atoms with Gasteiger partial charge in [0.05, 0.1) is 18.7 Å². The summed E-state index contributed by atoms with van der Waals surface area (Å²) in [4.78, 5) is 31.2. The Morgan fingerprint density at radius 3 is 2.38 bits per heavy atom. The lowest BCUT2D eigenvalue weighted by Crippen LogP contribution is -2.29. The molecule has 0 spiro atoms. The van der Waals surface area contributed by atoms with Crippen LogP contribution in [0.2, 0.25) is 0 Å². The van der Waals surface area contributed by atoms with E-state index < -0.39 is 35.6 Å². The van der Waals surface area contributed by atoms with E-state index in [9.17, 15) is 27.9 Å².